The van der Waals surface area contributed by atoms with Crippen molar-refractivity contribution in [3.05, 3.63) is 46.7 Å². The number of fused-ring (bicyclic) bond motifs is 2. The SMILES string of the molecule is CC1(C)Cc2c(sc(NC(=O)C3=COCCO3)c2-c2nc3ccccc3s2)C(C)(C)N1. The predicted octanol–water partition coefficient (Wildman–Crippen LogP) is 5.01. The molecule has 2 aliphatic rings. The molecule has 1 aromatic carbocycles. The summed E-state index contributed by atoms with van der Waals surface area (Å²) < 4.78 is 11.9. The third kappa shape index (κ3) is 3.73. The highest BCUT2D eigenvalue weighted by Crippen LogP contribution is 2.50. The van der Waals surface area contributed by atoms with Gasteiger partial charge in [0.15, 0.2) is 0 Å². The number of nitrogens with zero attached hydrogens (tertiary/aromatic N) is 1. The van der Waals surface area contributed by atoms with Crippen LogP contribution in [-0.2, 0) is 26.2 Å². The Bertz CT molecular complexity index is 1170. The van der Waals surface area contributed by atoms with Crippen molar-refractivity contribution in [2.24, 2.45) is 0 Å². The van der Waals surface area contributed by atoms with Gasteiger partial charge < -0.3 is 20.1 Å². The zero-order chi connectivity index (χ0) is 21.8. The van der Waals surface area contributed by atoms with Crippen LogP contribution in [0.15, 0.2) is 36.3 Å². The smallest absolute Gasteiger partial charge is 0.294 e. The van der Waals surface area contributed by atoms with Crippen molar-refractivity contribution in [2.75, 3.05) is 18.5 Å². The first kappa shape index (κ1) is 20.5. The maximum atomic E-state index is 12.9. The van der Waals surface area contributed by atoms with Crippen LogP contribution in [0.25, 0.3) is 20.8 Å². The van der Waals surface area contributed by atoms with Gasteiger partial charge in [-0.15, -0.1) is 22.7 Å². The number of rotatable bonds is 3. The Kier molecular flexibility index (Phi) is 4.84. The quantitative estimate of drug-likeness (QED) is 0.581. The minimum atomic E-state index is -0.300. The molecule has 0 spiro atoms. The van der Waals surface area contributed by atoms with Gasteiger partial charge in [0.25, 0.3) is 5.91 Å². The van der Waals surface area contributed by atoms with Crippen molar-refractivity contribution < 1.29 is 14.3 Å². The summed E-state index contributed by atoms with van der Waals surface area (Å²) in [5.74, 6) is -0.101. The maximum Gasteiger partial charge on any atom is 0.294 e. The van der Waals surface area contributed by atoms with E-state index in [0.717, 1.165) is 32.2 Å². The fourth-order valence-electron chi connectivity index (χ4n) is 4.47. The average Bonchev–Trinajstić information content (AvgIpc) is 3.28. The Morgan fingerprint density at radius 1 is 1.16 bits per heavy atom. The zero-order valence-electron chi connectivity index (χ0n) is 18.0. The highest BCUT2D eigenvalue weighted by atomic mass is 32.1. The molecule has 0 unspecified atom stereocenters. The summed E-state index contributed by atoms with van der Waals surface area (Å²) in [4.78, 5) is 19.1. The van der Waals surface area contributed by atoms with Crippen LogP contribution >= 0.6 is 22.7 Å². The Hall–Kier alpha value is -2.42. The molecule has 0 bridgehead atoms. The minimum Gasteiger partial charge on any atom is -0.494 e. The van der Waals surface area contributed by atoms with Gasteiger partial charge in [-0.2, -0.15) is 0 Å². The van der Waals surface area contributed by atoms with Gasteiger partial charge in [0.1, 0.15) is 29.5 Å². The number of carbonyl (C=O) groups is 1. The van der Waals surface area contributed by atoms with Crippen molar-refractivity contribution in [3.8, 4) is 10.6 Å². The molecule has 0 fully saturated rings. The fraction of sp³-hybridized carbons (Fsp3) is 0.391. The summed E-state index contributed by atoms with van der Waals surface area (Å²) in [6.45, 7) is 9.64. The molecule has 0 radical (unpaired) electrons. The van der Waals surface area contributed by atoms with Crippen molar-refractivity contribution in [3.63, 3.8) is 0 Å². The van der Waals surface area contributed by atoms with Crippen LogP contribution in [0.2, 0.25) is 0 Å². The third-order valence-electron chi connectivity index (χ3n) is 5.45. The summed E-state index contributed by atoms with van der Waals surface area (Å²) in [6.07, 6.45) is 2.24. The second kappa shape index (κ2) is 7.32. The van der Waals surface area contributed by atoms with E-state index in [1.54, 1.807) is 22.7 Å². The first-order valence-corrected chi connectivity index (χ1v) is 11.9. The second-order valence-electron chi connectivity index (χ2n) is 9.07. The Morgan fingerprint density at radius 2 is 1.97 bits per heavy atom. The lowest BCUT2D eigenvalue weighted by atomic mass is 9.81. The number of ether oxygens (including phenoxy) is 2. The number of thiophene rings is 1. The molecule has 31 heavy (non-hydrogen) atoms. The van der Waals surface area contributed by atoms with Gasteiger partial charge in [-0.1, -0.05) is 12.1 Å². The average molecular weight is 456 g/mol. The van der Waals surface area contributed by atoms with E-state index in [1.807, 2.05) is 18.2 Å². The van der Waals surface area contributed by atoms with E-state index in [2.05, 4.69) is 44.4 Å². The summed E-state index contributed by atoms with van der Waals surface area (Å²) in [5.41, 5.74) is 2.95. The highest BCUT2D eigenvalue weighted by molar-refractivity contribution is 7.23. The van der Waals surface area contributed by atoms with Gasteiger partial charge in [-0.25, -0.2) is 4.98 Å². The van der Waals surface area contributed by atoms with Crippen LogP contribution in [0.3, 0.4) is 0 Å². The normalized spacial score (nSPS) is 19.2. The first-order chi connectivity index (χ1) is 14.7. The van der Waals surface area contributed by atoms with Crippen LogP contribution in [0.1, 0.15) is 38.1 Å². The molecular formula is C23H25N3O3S2. The molecule has 0 atom stereocenters. The standard InChI is InChI=1S/C23H25N3O3S2/c1-22(2)11-13-17(20-24-14-7-5-6-8-16(14)30-20)21(31-18(13)23(3,4)26-22)25-19(27)15-12-28-9-10-29-15/h5-8,12,26H,9-11H2,1-4H3,(H,25,27). The Labute approximate surface area is 189 Å². The van der Waals surface area contributed by atoms with Gasteiger partial charge in [-0.3, -0.25) is 4.79 Å². The molecule has 8 heteroatoms. The fourth-order valence-corrected chi connectivity index (χ4v) is 6.86. The number of para-hydroxylation sites is 1. The maximum absolute atomic E-state index is 12.9. The number of nitrogens with one attached hydrogen (secondary N) is 2. The topological polar surface area (TPSA) is 72.5 Å². The lowest BCUT2D eigenvalue weighted by Gasteiger charge is -2.42. The molecular weight excluding hydrogens is 430 g/mol. The zero-order valence-corrected chi connectivity index (χ0v) is 19.6. The number of benzene rings is 1. The molecule has 5 rings (SSSR count). The summed E-state index contributed by atoms with van der Waals surface area (Å²) in [5, 5.41) is 8.57. The van der Waals surface area contributed by atoms with Gasteiger partial charge in [0.05, 0.1) is 10.2 Å². The molecule has 2 aromatic heterocycles. The number of hydrogen-bond acceptors (Lipinski definition) is 7. The molecule has 1 amide bonds. The van der Waals surface area contributed by atoms with Crippen LogP contribution in [0, 0.1) is 0 Å². The first-order valence-electron chi connectivity index (χ1n) is 10.3. The van der Waals surface area contributed by atoms with Gasteiger partial charge >= 0.3 is 0 Å². The van der Waals surface area contributed by atoms with Crippen molar-refractivity contribution >= 4 is 43.8 Å². The summed E-state index contributed by atoms with van der Waals surface area (Å²) in [6, 6.07) is 8.14. The highest BCUT2D eigenvalue weighted by Gasteiger charge is 2.41. The lowest BCUT2D eigenvalue weighted by molar-refractivity contribution is -0.117. The predicted molar refractivity (Wildman–Crippen MR) is 125 cm³/mol. The van der Waals surface area contributed by atoms with E-state index in [1.165, 1.54) is 16.7 Å². The number of anilines is 1. The molecule has 0 saturated heterocycles. The molecule has 162 valence electrons. The number of amides is 1. The van der Waals surface area contributed by atoms with Gasteiger partial charge in [-0.05, 0) is 51.8 Å². The summed E-state index contributed by atoms with van der Waals surface area (Å²) >= 11 is 3.27. The van der Waals surface area contributed by atoms with E-state index in [9.17, 15) is 4.79 Å². The van der Waals surface area contributed by atoms with E-state index in [4.69, 9.17) is 14.5 Å². The molecule has 4 heterocycles. The van der Waals surface area contributed by atoms with Crippen LogP contribution in [0.4, 0.5) is 5.00 Å². The van der Waals surface area contributed by atoms with Crippen molar-refractivity contribution in [2.45, 2.75) is 45.2 Å². The lowest BCUT2D eigenvalue weighted by Crippen LogP contribution is -2.54. The van der Waals surface area contributed by atoms with Gasteiger partial charge in [0, 0.05) is 21.5 Å². The van der Waals surface area contributed by atoms with Crippen molar-refractivity contribution in [1.82, 2.24) is 10.3 Å². The molecule has 0 saturated carbocycles. The minimum absolute atomic E-state index is 0.0763. The van der Waals surface area contributed by atoms with Crippen molar-refractivity contribution in [1.29, 1.82) is 0 Å². The van der Waals surface area contributed by atoms with Crippen LogP contribution in [-0.4, -0.2) is 29.6 Å². The number of carbonyl (C=O) groups excluding carboxylic acids is 1. The number of thiazole rings is 1. The van der Waals surface area contributed by atoms with E-state index >= 15 is 0 Å². The molecule has 2 aliphatic heterocycles. The Balaban J connectivity index is 1.66. The monoisotopic (exact) mass is 455 g/mol. The van der Waals surface area contributed by atoms with E-state index < -0.39 is 0 Å². The van der Waals surface area contributed by atoms with Crippen LogP contribution < -0.4 is 10.6 Å². The molecule has 2 N–H and O–H groups in total. The van der Waals surface area contributed by atoms with Gasteiger partial charge in [0.2, 0.25) is 5.76 Å². The molecule has 0 aliphatic carbocycles. The molecule has 3 aromatic rings. The number of hydrogen-bond donors (Lipinski definition) is 2. The van der Waals surface area contributed by atoms with E-state index in [-0.39, 0.29) is 22.7 Å². The Morgan fingerprint density at radius 3 is 2.71 bits per heavy atom. The van der Waals surface area contributed by atoms with Crippen LogP contribution in [0.5, 0.6) is 0 Å². The largest absolute Gasteiger partial charge is 0.494 e. The summed E-state index contributed by atoms with van der Waals surface area (Å²) in [7, 11) is 0. The number of aromatic nitrogens is 1. The third-order valence-corrected chi connectivity index (χ3v) is 7.98. The van der Waals surface area contributed by atoms with E-state index in [0.29, 0.717) is 13.2 Å². The molecule has 6 nitrogen and oxygen atoms in total. The second-order valence-corrected chi connectivity index (χ2v) is 11.1.